The summed E-state index contributed by atoms with van der Waals surface area (Å²) in [7, 11) is -2.19. The predicted molar refractivity (Wildman–Crippen MR) is 56.0 cm³/mol. The third kappa shape index (κ3) is 3.50. The van der Waals surface area contributed by atoms with Crippen LogP contribution < -0.4 is 0 Å². The van der Waals surface area contributed by atoms with Crippen molar-refractivity contribution in [2.45, 2.75) is 25.5 Å². The second kappa shape index (κ2) is 5.69. The molecule has 2 atom stereocenters. The van der Waals surface area contributed by atoms with Gasteiger partial charge in [0.1, 0.15) is 0 Å². The third-order valence-electron chi connectivity index (χ3n) is 2.06. The van der Waals surface area contributed by atoms with Crippen LogP contribution in [-0.2, 0) is 10.0 Å². The van der Waals surface area contributed by atoms with Crippen molar-refractivity contribution in [1.82, 2.24) is 4.31 Å². The Morgan fingerprint density at radius 2 is 1.87 bits per heavy atom. The van der Waals surface area contributed by atoms with E-state index >= 15 is 0 Å². The van der Waals surface area contributed by atoms with Crippen LogP contribution in [0.2, 0.25) is 0 Å². The van der Waals surface area contributed by atoms with E-state index in [-0.39, 0.29) is 18.9 Å². The molecule has 0 saturated heterocycles. The Bertz CT molecular complexity index is 377. The van der Waals surface area contributed by atoms with Crippen LogP contribution in [0.1, 0.15) is 20.3 Å². The summed E-state index contributed by atoms with van der Waals surface area (Å²) in [4.78, 5) is 0. The van der Waals surface area contributed by atoms with E-state index in [4.69, 9.17) is 10.5 Å². The Hall–Kier alpha value is -1.11. The maximum Gasteiger partial charge on any atom is 0.230 e. The molecule has 0 aliphatic carbocycles. The minimum Gasteiger partial charge on any atom is -0.211 e. The van der Waals surface area contributed by atoms with Crippen molar-refractivity contribution < 1.29 is 8.42 Å². The molecule has 0 radical (unpaired) electrons. The van der Waals surface area contributed by atoms with Crippen LogP contribution >= 0.6 is 0 Å². The van der Waals surface area contributed by atoms with E-state index in [0.717, 1.165) is 4.31 Å². The van der Waals surface area contributed by atoms with Crippen LogP contribution in [0.5, 0.6) is 0 Å². The van der Waals surface area contributed by atoms with Crippen LogP contribution in [0.15, 0.2) is 0 Å². The molecule has 6 heteroatoms. The molecule has 0 N–H and O–H groups in total. The number of hydrogen-bond donors (Lipinski definition) is 0. The summed E-state index contributed by atoms with van der Waals surface area (Å²) >= 11 is 0. The third-order valence-corrected chi connectivity index (χ3v) is 4.24. The molecule has 0 aromatic carbocycles. The monoisotopic (exact) mass is 229 g/mol. The number of nitriles is 2. The summed E-state index contributed by atoms with van der Waals surface area (Å²) in [6.07, 6.45) is 0.254. The first-order valence-electron chi connectivity index (χ1n) is 4.64. The molecular formula is C9H15N3O2S. The van der Waals surface area contributed by atoms with E-state index in [0.29, 0.717) is 0 Å². The highest BCUT2D eigenvalue weighted by molar-refractivity contribution is 7.89. The van der Waals surface area contributed by atoms with E-state index < -0.39 is 15.3 Å². The standard InChI is InChI=1S/C9H15N3O2S/c1-4-9(6-11)15(13,14)12(3)7-8(2)5-10/h8-9H,4,7H2,1-3H3. The average molecular weight is 229 g/mol. The summed E-state index contributed by atoms with van der Waals surface area (Å²) in [5.41, 5.74) is 0. The zero-order chi connectivity index (χ0) is 12.1. The van der Waals surface area contributed by atoms with E-state index in [2.05, 4.69) is 0 Å². The Morgan fingerprint density at radius 1 is 1.33 bits per heavy atom. The minimum absolute atomic E-state index is 0.122. The van der Waals surface area contributed by atoms with Gasteiger partial charge in [-0.15, -0.1) is 0 Å². The maximum atomic E-state index is 11.7. The van der Waals surface area contributed by atoms with Gasteiger partial charge in [-0.25, -0.2) is 12.7 Å². The van der Waals surface area contributed by atoms with E-state index in [1.807, 2.05) is 6.07 Å². The van der Waals surface area contributed by atoms with E-state index in [1.54, 1.807) is 19.9 Å². The van der Waals surface area contributed by atoms with Gasteiger partial charge in [0.05, 0.1) is 18.1 Å². The van der Waals surface area contributed by atoms with Crippen molar-refractivity contribution in [2.75, 3.05) is 13.6 Å². The highest BCUT2D eigenvalue weighted by Gasteiger charge is 2.28. The van der Waals surface area contributed by atoms with Crippen LogP contribution in [0.25, 0.3) is 0 Å². The Morgan fingerprint density at radius 3 is 2.20 bits per heavy atom. The molecule has 0 amide bonds. The molecule has 5 nitrogen and oxygen atoms in total. The van der Waals surface area contributed by atoms with Gasteiger partial charge in [-0.05, 0) is 13.3 Å². The lowest BCUT2D eigenvalue weighted by molar-refractivity contribution is 0.434. The Balaban J connectivity index is 4.76. The number of sulfonamides is 1. The molecule has 2 unspecified atom stereocenters. The van der Waals surface area contributed by atoms with Gasteiger partial charge in [0, 0.05) is 13.6 Å². The molecule has 84 valence electrons. The fourth-order valence-corrected chi connectivity index (χ4v) is 2.54. The Kier molecular flexibility index (Phi) is 5.27. The number of rotatable bonds is 5. The van der Waals surface area contributed by atoms with Crippen LogP contribution in [0.3, 0.4) is 0 Å². The molecule has 0 heterocycles. The lowest BCUT2D eigenvalue weighted by Gasteiger charge is -2.20. The van der Waals surface area contributed by atoms with E-state index in [9.17, 15) is 8.42 Å². The van der Waals surface area contributed by atoms with Crippen LogP contribution in [0.4, 0.5) is 0 Å². The summed E-state index contributed by atoms with van der Waals surface area (Å²) in [6, 6.07) is 3.71. The topological polar surface area (TPSA) is 85.0 Å². The minimum atomic E-state index is -3.59. The van der Waals surface area contributed by atoms with Crippen molar-refractivity contribution in [3.05, 3.63) is 0 Å². The first-order valence-corrected chi connectivity index (χ1v) is 6.14. The predicted octanol–water partition coefficient (Wildman–Crippen LogP) is 0.710. The summed E-state index contributed by atoms with van der Waals surface area (Å²) < 4.78 is 24.6. The second-order valence-electron chi connectivity index (χ2n) is 3.38. The van der Waals surface area contributed by atoms with Gasteiger partial charge < -0.3 is 0 Å². The normalized spacial score (nSPS) is 15.3. The summed E-state index contributed by atoms with van der Waals surface area (Å²) in [5, 5.41) is 16.2. The number of nitrogens with zero attached hydrogens (tertiary/aromatic N) is 3. The molecule has 0 aliphatic rings. The van der Waals surface area contributed by atoms with Crippen molar-refractivity contribution in [3.8, 4) is 12.1 Å². The number of hydrogen-bond acceptors (Lipinski definition) is 4. The molecule has 0 aliphatic heterocycles. The van der Waals surface area contributed by atoms with Gasteiger partial charge in [0.2, 0.25) is 10.0 Å². The van der Waals surface area contributed by atoms with Crippen molar-refractivity contribution >= 4 is 10.0 Å². The first-order chi connectivity index (χ1) is 6.89. The highest BCUT2D eigenvalue weighted by atomic mass is 32.2. The zero-order valence-corrected chi connectivity index (χ0v) is 9.95. The average Bonchev–Trinajstić information content (AvgIpc) is 2.18. The van der Waals surface area contributed by atoms with Crippen LogP contribution in [-0.4, -0.2) is 31.6 Å². The van der Waals surface area contributed by atoms with Crippen molar-refractivity contribution in [3.63, 3.8) is 0 Å². The van der Waals surface area contributed by atoms with Gasteiger partial charge in [-0.3, -0.25) is 0 Å². The quantitative estimate of drug-likeness (QED) is 0.694. The van der Waals surface area contributed by atoms with Gasteiger partial charge in [0.25, 0.3) is 0 Å². The smallest absolute Gasteiger partial charge is 0.211 e. The fraction of sp³-hybridized carbons (Fsp3) is 0.778. The molecular weight excluding hydrogens is 214 g/mol. The zero-order valence-electron chi connectivity index (χ0n) is 9.14. The molecule has 0 aromatic heterocycles. The van der Waals surface area contributed by atoms with E-state index in [1.165, 1.54) is 7.05 Å². The van der Waals surface area contributed by atoms with Crippen LogP contribution in [0, 0.1) is 28.6 Å². The molecule has 0 bridgehead atoms. The van der Waals surface area contributed by atoms with Gasteiger partial charge in [-0.2, -0.15) is 10.5 Å². The molecule has 0 saturated carbocycles. The largest absolute Gasteiger partial charge is 0.230 e. The Labute approximate surface area is 91.0 Å². The SMILES string of the molecule is CCC(C#N)S(=O)(=O)N(C)CC(C)C#N. The first kappa shape index (κ1) is 13.9. The molecule has 0 rings (SSSR count). The maximum absolute atomic E-state index is 11.7. The van der Waals surface area contributed by atoms with Crippen molar-refractivity contribution in [1.29, 1.82) is 10.5 Å². The fourth-order valence-electron chi connectivity index (χ4n) is 1.12. The van der Waals surface area contributed by atoms with Gasteiger partial charge in [-0.1, -0.05) is 6.92 Å². The molecule has 15 heavy (non-hydrogen) atoms. The highest BCUT2D eigenvalue weighted by Crippen LogP contribution is 2.11. The van der Waals surface area contributed by atoms with Gasteiger partial charge >= 0.3 is 0 Å². The van der Waals surface area contributed by atoms with Crippen molar-refractivity contribution in [2.24, 2.45) is 5.92 Å². The van der Waals surface area contributed by atoms with Gasteiger partial charge in [0.15, 0.2) is 5.25 Å². The summed E-state index contributed by atoms with van der Waals surface area (Å²) in [5.74, 6) is -0.374. The lowest BCUT2D eigenvalue weighted by atomic mass is 10.2. The molecule has 0 aromatic rings. The summed E-state index contributed by atoms with van der Waals surface area (Å²) in [6.45, 7) is 3.41. The molecule has 0 fully saturated rings. The second-order valence-corrected chi connectivity index (χ2v) is 5.60. The lowest BCUT2D eigenvalue weighted by Crippen LogP contribution is -2.37. The molecule has 0 spiro atoms.